The van der Waals surface area contributed by atoms with Crippen molar-refractivity contribution in [1.82, 2.24) is 5.32 Å². The number of fused-ring (bicyclic) bond motifs is 2. The van der Waals surface area contributed by atoms with Crippen molar-refractivity contribution in [2.75, 3.05) is 14.2 Å². The summed E-state index contributed by atoms with van der Waals surface area (Å²) in [6.07, 6.45) is 2.50. The average molecular weight is 401 g/mol. The van der Waals surface area contributed by atoms with Crippen molar-refractivity contribution in [3.63, 3.8) is 0 Å². The van der Waals surface area contributed by atoms with Gasteiger partial charge in [-0.25, -0.2) is 0 Å². The molecule has 2 bridgehead atoms. The standard InChI is InChI=1S/C22H28NO4P/c1-26-28(25,27-2)22(24)18-14-9-15-19(22)21(17-12-7-4-8-13-17)23-20(18)16-10-5-3-6-11-16/h3-8,10-13,18-21,23-24H,9,14-15H2,1-2H3/t18-,19+,20-,21+,22?. The minimum atomic E-state index is -3.75. The largest absolute Gasteiger partial charge is 0.377 e. The van der Waals surface area contributed by atoms with Crippen molar-refractivity contribution >= 4 is 7.60 Å². The Bertz CT molecular complexity index is 783. The topological polar surface area (TPSA) is 67.8 Å². The molecule has 2 aliphatic rings. The zero-order valence-corrected chi connectivity index (χ0v) is 17.2. The SMILES string of the molecule is COP(=O)(OC)C1(O)[C@@H]2CCC[C@H]1[C@H](c1ccccc1)N[C@@H]2c1ccccc1. The molecule has 0 spiro atoms. The average Bonchev–Trinajstić information content (AvgIpc) is 2.74. The van der Waals surface area contributed by atoms with Gasteiger partial charge >= 0.3 is 7.60 Å². The maximum Gasteiger partial charge on any atom is 0.362 e. The van der Waals surface area contributed by atoms with E-state index in [2.05, 4.69) is 29.6 Å². The number of hydrogen-bond donors (Lipinski definition) is 2. The second kappa shape index (κ2) is 7.74. The van der Waals surface area contributed by atoms with E-state index < -0.39 is 12.9 Å². The summed E-state index contributed by atoms with van der Waals surface area (Å²) in [5.74, 6) is -0.529. The molecule has 1 saturated carbocycles. The summed E-state index contributed by atoms with van der Waals surface area (Å²) >= 11 is 0. The van der Waals surface area contributed by atoms with Crippen molar-refractivity contribution in [1.29, 1.82) is 0 Å². The van der Waals surface area contributed by atoms with Gasteiger partial charge in [-0.15, -0.1) is 0 Å². The van der Waals surface area contributed by atoms with Gasteiger partial charge in [-0.3, -0.25) is 4.57 Å². The highest BCUT2D eigenvalue weighted by atomic mass is 31.2. The molecular formula is C22H28NO4P. The molecule has 28 heavy (non-hydrogen) atoms. The van der Waals surface area contributed by atoms with Crippen molar-refractivity contribution in [3.05, 3.63) is 71.8 Å². The molecule has 2 N–H and O–H groups in total. The number of piperidine rings is 1. The van der Waals surface area contributed by atoms with Gasteiger partial charge in [-0.05, 0) is 24.0 Å². The molecule has 1 unspecified atom stereocenters. The Morgan fingerprint density at radius 3 is 1.71 bits per heavy atom. The van der Waals surface area contributed by atoms with Crippen molar-refractivity contribution in [2.45, 2.75) is 36.7 Å². The van der Waals surface area contributed by atoms with Gasteiger partial charge in [0.25, 0.3) is 0 Å². The minimum Gasteiger partial charge on any atom is -0.377 e. The van der Waals surface area contributed by atoms with E-state index in [1.54, 1.807) is 0 Å². The van der Waals surface area contributed by atoms with Crippen LogP contribution >= 0.6 is 7.60 Å². The number of rotatable bonds is 5. The Labute approximate surface area is 166 Å². The first kappa shape index (κ1) is 19.8. The van der Waals surface area contributed by atoms with E-state index in [1.165, 1.54) is 14.2 Å². The fourth-order valence-electron chi connectivity index (χ4n) is 5.26. The molecule has 1 aliphatic heterocycles. The molecule has 5 nitrogen and oxygen atoms in total. The highest BCUT2D eigenvalue weighted by Gasteiger charge is 2.66. The Morgan fingerprint density at radius 2 is 1.32 bits per heavy atom. The number of benzene rings is 2. The van der Waals surface area contributed by atoms with Crippen LogP contribution < -0.4 is 5.32 Å². The van der Waals surface area contributed by atoms with Gasteiger partial charge in [0.2, 0.25) is 0 Å². The van der Waals surface area contributed by atoms with Crippen LogP contribution in [0.5, 0.6) is 0 Å². The second-order valence-electron chi connectivity index (χ2n) is 7.73. The molecule has 6 heteroatoms. The summed E-state index contributed by atoms with van der Waals surface area (Å²) in [7, 11) is -1.01. The zero-order chi connectivity index (χ0) is 19.8. The van der Waals surface area contributed by atoms with Crippen LogP contribution in [-0.4, -0.2) is 24.7 Å². The van der Waals surface area contributed by atoms with E-state index in [4.69, 9.17) is 9.05 Å². The lowest BCUT2D eigenvalue weighted by Crippen LogP contribution is -2.61. The maximum absolute atomic E-state index is 13.7. The lowest BCUT2D eigenvalue weighted by Gasteiger charge is -2.57. The van der Waals surface area contributed by atoms with Crippen molar-refractivity contribution < 1.29 is 18.7 Å². The van der Waals surface area contributed by atoms with Gasteiger partial charge in [-0.1, -0.05) is 67.1 Å². The summed E-state index contributed by atoms with van der Waals surface area (Å²) < 4.78 is 24.5. The quantitative estimate of drug-likeness (QED) is 0.713. The predicted molar refractivity (Wildman–Crippen MR) is 109 cm³/mol. The Balaban J connectivity index is 1.88. The van der Waals surface area contributed by atoms with E-state index in [0.29, 0.717) is 0 Å². The second-order valence-corrected chi connectivity index (χ2v) is 10.2. The van der Waals surface area contributed by atoms with Gasteiger partial charge in [0, 0.05) is 38.1 Å². The molecule has 150 valence electrons. The van der Waals surface area contributed by atoms with E-state index in [0.717, 1.165) is 30.4 Å². The third-order valence-corrected chi connectivity index (χ3v) is 9.02. The van der Waals surface area contributed by atoms with Gasteiger partial charge in [0.15, 0.2) is 5.34 Å². The summed E-state index contributed by atoms with van der Waals surface area (Å²) in [4.78, 5) is 0. The Hall–Kier alpha value is -1.49. The fraction of sp³-hybridized carbons (Fsp3) is 0.455. The Kier molecular flexibility index (Phi) is 5.47. The molecule has 2 aromatic carbocycles. The van der Waals surface area contributed by atoms with Crippen molar-refractivity contribution in [3.8, 4) is 0 Å². The first-order valence-corrected chi connectivity index (χ1v) is 11.4. The van der Waals surface area contributed by atoms with E-state index in [9.17, 15) is 9.67 Å². The summed E-state index contributed by atoms with van der Waals surface area (Å²) in [5, 5.41) is 14.3. The zero-order valence-electron chi connectivity index (χ0n) is 16.3. The minimum absolute atomic E-state index is 0.147. The van der Waals surface area contributed by atoms with Crippen LogP contribution in [0.25, 0.3) is 0 Å². The molecule has 2 aromatic rings. The first-order valence-electron chi connectivity index (χ1n) is 9.85. The van der Waals surface area contributed by atoms with Crippen LogP contribution in [0, 0.1) is 11.8 Å². The number of nitrogens with one attached hydrogen (secondary N) is 1. The van der Waals surface area contributed by atoms with Crippen LogP contribution in [0.4, 0.5) is 0 Å². The van der Waals surface area contributed by atoms with Gasteiger partial charge < -0.3 is 19.5 Å². The molecule has 2 fully saturated rings. The highest BCUT2D eigenvalue weighted by Crippen LogP contribution is 2.71. The summed E-state index contributed by atoms with van der Waals surface area (Å²) in [5.41, 5.74) is 2.15. The number of hydrogen-bond acceptors (Lipinski definition) is 5. The highest BCUT2D eigenvalue weighted by molar-refractivity contribution is 7.55. The first-order chi connectivity index (χ1) is 13.5. The molecule has 1 aliphatic carbocycles. The molecule has 0 aromatic heterocycles. The number of aliphatic hydroxyl groups is 1. The normalized spacial score (nSPS) is 32.8. The fourth-order valence-corrected chi connectivity index (χ4v) is 7.36. The van der Waals surface area contributed by atoms with E-state index in [-0.39, 0.29) is 23.9 Å². The molecule has 1 heterocycles. The monoisotopic (exact) mass is 401 g/mol. The van der Waals surface area contributed by atoms with Crippen LogP contribution in [0.15, 0.2) is 60.7 Å². The van der Waals surface area contributed by atoms with Crippen molar-refractivity contribution in [2.24, 2.45) is 11.8 Å². The van der Waals surface area contributed by atoms with Gasteiger partial charge in [0.05, 0.1) is 0 Å². The third kappa shape index (κ3) is 2.97. The molecule has 1 saturated heterocycles. The van der Waals surface area contributed by atoms with Crippen LogP contribution in [0.3, 0.4) is 0 Å². The van der Waals surface area contributed by atoms with Gasteiger partial charge in [-0.2, -0.15) is 0 Å². The molecule has 0 amide bonds. The van der Waals surface area contributed by atoms with Crippen LogP contribution in [0.1, 0.15) is 42.5 Å². The molecule has 4 rings (SSSR count). The smallest absolute Gasteiger partial charge is 0.362 e. The Morgan fingerprint density at radius 1 is 0.893 bits per heavy atom. The van der Waals surface area contributed by atoms with Gasteiger partial charge in [0.1, 0.15) is 0 Å². The molecule has 5 atom stereocenters. The van der Waals surface area contributed by atoms with E-state index in [1.807, 2.05) is 36.4 Å². The maximum atomic E-state index is 13.7. The molecule has 0 radical (unpaired) electrons. The molecular weight excluding hydrogens is 373 g/mol. The van der Waals surface area contributed by atoms with Crippen LogP contribution in [0.2, 0.25) is 0 Å². The summed E-state index contributed by atoms with van der Waals surface area (Å²) in [6.45, 7) is 0. The predicted octanol–water partition coefficient (Wildman–Crippen LogP) is 4.66. The van der Waals surface area contributed by atoms with E-state index >= 15 is 0 Å². The van der Waals surface area contributed by atoms with Crippen LogP contribution in [-0.2, 0) is 13.6 Å². The summed E-state index contributed by atoms with van der Waals surface area (Å²) in [6, 6.07) is 19.9. The lowest BCUT2D eigenvalue weighted by molar-refractivity contribution is -0.103. The third-order valence-electron chi connectivity index (χ3n) is 6.52. The lowest BCUT2D eigenvalue weighted by atomic mass is 9.65.